The highest BCUT2D eigenvalue weighted by atomic mass is 35.5. The summed E-state index contributed by atoms with van der Waals surface area (Å²) in [5.74, 6) is 1.27. The molecule has 2 heterocycles. The van der Waals surface area contributed by atoms with E-state index in [2.05, 4.69) is 51.9 Å². The zero-order valence-corrected chi connectivity index (χ0v) is 24.3. The second kappa shape index (κ2) is 10.9. The van der Waals surface area contributed by atoms with Gasteiger partial charge in [-0.1, -0.05) is 54.1 Å². The van der Waals surface area contributed by atoms with Crippen LogP contribution < -0.4 is 5.32 Å². The maximum Gasteiger partial charge on any atom is 0.222 e. The Labute approximate surface area is 234 Å². The van der Waals surface area contributed by atoms with Crippen LogP contribution in [0.1, 0.15) is 47.7 Å². The number of carbonyl (C=O) groups is 1. The molecule has 9 heteroatoms. The second-order valence-corrected chi connectivity index (χ2v) is 14.9. The monoisotopic (exact) mass is 557 g/mol. The van der Waals surface area contributed by atoms with Crippen molar-refractivity contribution in [1.82, 2.24) is 20.1 Å². The summed E-state index contributed by atoms with van der Waals surface area (Å²) in [5.41, 5.74) is 6.70. The first kappa shape index (κ1) is 27.0. The van der Waals surface area contributed by atoms with Crippen LogP contribution in [0.15, 0.2) is 71.7 Å². The number of hydrogen-bond donors (Lipinski definition) is 2. The van der Waals surface area contributed by atoms with Crippen LogP contribution in [0.25, 0.3) is 16.8 Å². The molecule has 1 unspecified atom stereocenters. The minimum absolute atomic E-state index is 0.0901. The van der Waals surface area contributed by atoms with Crippen LogP contribution in [0.3, 0.4) is 0 Å². The summed E-state index contributed by atoms with van der Waals surface area (Å²) in [4.78, 5) is 28.3. The van der Waals surface area contributed by atoms with Gasteiger partial charge in [-0.25, -0.2) is 0 Å². The number of carbonyl (C=O) groups excluding carboxylic acids is 1. The molecule has 0 bridgehead atoms. The van der Waals surface area contributed by atoms with Crippen molar-refractivity contribution < 1.29 is 9.59 Å². The van der Waals surface area contributed by atoms with E-state index < -0.39 is 14.4 Å². The molecule has 4 aromatic rings. The fourth-order valence-electron chi connectivity index (χ4n) is 5.06. The molecule has 1 aliphatic heterocycles. The number of nitrogens with zero attached hydrogens (tertiary/aromatic N) is 4. The Hall–Kier alpha value is -3.59. The van der Waals surface area contributed by atoms with E-state index in [1.54, 1.807) is 0 Å². The molecule has 200 valence electrons. The van der Waals surface area contributed by atoms with Crippen molar-refractivity contribution in [3.05, 3.63) is 100 Å². The summed E-state index contributed by atoms with van der Waals surface area (Å²) in [7, 11) is -2.26. The number of rotatable bonds is 7. The van der Waals surface area contributed by atoms with Gasteiger partial charge in [-0.2, -0.15) is 0 Å². The van der Waals surface area contributed by atoms with Crippen LogP contribution >= 0.6 is 11.6 Å². The van der Waals surface area contributed by atoms with Crippen molar-refractivity contribution in [2.45, 2.75) is 45.4 Å². The van der Waals surface area contributed by atoms with Crippen LogP contribution in [0.2, 0.25) is 18.1 Å². The Morgan fingerprint density at radius 1 is 1.03 bits per heavy atom. The molecule has 1 amide bonds. The molecule has 39 heavy (non-hydrogen) atoms. The van der Waals surface area contributed by atoms with Gasteiger partial charge in [0.1, 0.15) is 11.9 Å². The van der Waals surface area contributed by atoms with Gasteiger partial charge >= 0.3 is 0 Å². The molecule has 2 N–H and O–H groups in total. The van der Waals surface area contributed by atoms with E-state index in [0.29, 0.717) is 23.4 Å². The molecular formula is C30H32ClN5O2Si. The minimum atomic E-state index is -2.26. The summed E-state index contributed by atoms with van der Waals surface area (Å²) in [5, 5.41) is 12.3. The Morgan fingerprint density at radius 2 is 1.74 bits per heavy atom. The lowest BCUT2D eigenvalue weighted by molar-refractivity contribution is -0.121. The van der Waals surface area contributed by atoms with Gasteiger partial charge in [0.2, 0.25) is 5.91 Å². The topological polar surface area (TPSA) is 92.4 Å². The van der Waals surface area contributed by atoms with Crippen LogP contribution in [0.5, 0.6) is 0 Å². The molecule has 0 fully saturated rings. The van der Waals surface area contributed by atoms with Crippen molar-refractivity contribution in [2.75, 3.05) is 6.54 Å². The molecule has 0 saturated carbocycles. The molecule has 0 spiro atoms. The molecule has 7 nitrogen and oxygen atoms in total. The Balaban J connectivity index is 1.70. The standard InChI is InChI=1S/C30H32ClN5O2Si/c1-5-32-28(37)17-26-30-35-34-19(2)36(30)27-14-11-23(22-8-6-7-20(15-22)18-39(3,4)38)16-25(27)29(33-26)21-9-12-24(31)13-10-21/h6-16,26,38H,5,17-18H2,1-4H3,(H,32,37). The molecular weight excluding hydrogens is 526 g/mol. The average Bonchev–Trinajstić information content (AvgIpc) is 3.21. The van der Waals surface area contributed by atoms with Gasteiger partial charge in [0, 0.05) is 22.7 Å². The molecule has 0 aliphatic carbocycles. The zero-order chi connectivity index (χ0) is 27.7. The van der Waals surface area contributed by atoms with Crippen molar-refractivity contribution in [2.24, 2.45) is 4.99 Å². The van der Waals surface area contributed by atoms with Crippen molar-refractivity contribution in [3.8, 4) is 16.8 Å². The summed E-state index contributed by atoms with van der Waals surface area (Å²) in [6, 6.07) is 22.4. The highest BCUT2D eigenvalue weighted by molar-refractivity contribution is 6.69. The number of aryl methyl sites for hydroxylation is 1. The number of amides is 1. The van der Waals surface area contributed by atoms with Crippen molar-refractivity contribution in [3.63, 3.8) is 0 Å². The van der Waals surface area contributed by atoms with Gasteiger partial charge in [-0.3, -0.25) is 14.4 Å². The van der Waals surface area contributed by atoms with E-state index in [1.807, 2.05) is 61.8 Å². The second-order valence-electron chi connectivity index (χ2n) is 10.5. The van der Waals surface area contributed by atoms with E-state index in [0.717, 1.165) is 45.0 Å². The lowest BCUT2D eigenvalue weighted by Crippen LogP contribution is -2.28. The predicted molar refractivity (Wildman–Crippen MR) is 158 cm³/mol. The lowest BCUT2D eigenvalue weighted by Gasteiger charge is -2.16. The maximum absolute atomic E-state index is 12.7. The quantitative estimate of drug-likeness (QED) is 0.290. The first-order chi connectivity index (χ1) is 18.6. The lowest BCUT2D eigenvalue weighted by atomic mass is 9.95. The number of aliphatic imine (C=N–C) groups is 1. The van der Waals surface area contributed by atoms with Crippen LogP contribution in [-0.2, 0) is 10.8 Å². The summed E-state index contributed by atoms with van der Waals surface area (Å²) < 4.78 is 2.01. The molecule has 1 atom stereocenters. The molecule has 5 rings (SSSR count). The van der Waals surface area contributed by atoms with E-state index >= 15 is 0 Å². The number of halogens is 1. The van der Waals surface area contributed by atoms with Crippen LogP contribution in [0, 0.1) is 6.92 Å². The smallest absolute Gasteiger partial charge is 0.222 e. The summed E-state index contributed by atoms with van der Waals surface area (Å²) in [6.45, 7) is 8.26. The van der Waals surface area contributed by atoms with E-state index in [4.69, 9.17) is 16.6 Å². The van der Waals surface area contributed by atoms with E-state index in [9.17, 15) is 9.59 Å². The van der Waals surface area contributed by atoms with Gasteiger partial charge in [-0.05, 0) is 73.9 Å². The van der Waals surface area contributed by atoms with Gasteiger partial charge < -0.3 is 10.1 Å². The van der Waals surface area contributed by atoms with Crippen molar-refractivity contribution in [1.29, 1.82) is 0 Å². The minimum Gasteiger partial charge on any atom is -0.432 e. The van der Waals surface area contributed by atoms with Gasteiger partial charge in [0.05, 0.1) is 17.8 Å². The maximum atomic E-state index is 12.7. The predicted octanol–water partition coefficient (Wildman–Crippen LogP) is 5.59. The third-order valence-corrected chi connectivity index (χ3v) is 8.22. The van der Waals surface area contributed by atoms with E-state index in [1.165, 1.54) is 0 Å². The molecule has 0 saturated heterocycles. The van der Waals surface area contributed by atoms with Crippen LogP contribution in [0.4, 0.5) is 0 Å². The number of benzene rings is 3. The molecule has 1 aromatic heterocycles. The Bertz CT molecular complexity index is 1560. The first-order valence-corrected chi connectivity index (χ1v) is 16.6. The third-order valence-electron chi connectivity index (χ3n) is 6.69. The fraction of sp³-hybridized carbons (Fsp3) is 0.267. The number of nitrogens with one attached hydrogen (secondary N) is 1. The SMILES string of the molecule is CCNC(=O)CC1N=C(c2ccc(Cl)cc2)c2cc(-c3cccc(C[Si](C)(C)O)c3)ccc2-n2c(C)nnc21. The highest BCUT2D eigenvalue weighted by Gasteiger charge is 2.30. The average molecular weight is 558 g/mol. The van der Waals surface area contributed by atoms with Crippen LogP contribution in [-0.4, -0.2) is 46.0 Å². The Morgan fingerprint density at radius 3 is 2.46 bits per heavy atom. The van der Waals surface area contributed by atoms with Gasteiger partial charge in [0.25, 0.3) is 0 Å². The van der Waals surface area contributed by atoms with E-state index in [-0.39, 0.29) is 12.3 Å². The Kier molecular flexibility index (Phi) is 7.53. The molecule has 3 aromatic carbocycles. The largest absolute Gasteiger partial charge is 0.432 e. The summed E-state index contributed by atoms with van der Waals surface area (Å²) >= 11 is 6.23. The molecule has 0 radical (unpaired) electrons. The normalized spacial score (nSPS) is 14.7. The van der Waals surface area contributed by atoms with Crippen molar-refractivity contribution >= 4 is 31.5 Å². The number of aromatic nitrogens is 3. The number of fused-ring (bicyclic) bond motifs is 3. The third kappa shape index (κ3) is 5.88. The fourth-order valence-corrected chi connectivity index (χ4v) is 6.40. The number of hydrogen-bond acceptors (Lipinski definition) is 5. The zero-order valence-electron chi connectivity index (χ0n) is 22.6. The van der Waals surface area contributed by atoms with Gasteiger partial charge in [-0.15, -0.1) is 10.2 Å². The molecule has 1 aliphatic rings. The highest BCUT2D eigenvalue weighted by Crippen LogP contribution is 2.35. The first-order valence-electron chi connectivity index (χ1n) is 13.1. The van der Waals surface area contributed by atoms with Gasteiger partial charge in [0.15, 0.2) is 14.1 Å². The summed E-state index contributed by atoms with van der Waals surface area (Å²) in [6.07, 6.45) is 0.160.